The van der Waals surface area contributed by atoms with E-state index in [1.807, 2.05) is 0 Å². The summed E-state index contributed by atoms with van der Waals surface area (Å²) in [6.45, 7) is -1.60. The Hall–Kier alpha value is 0.542. The van der Waals surface area contributed by atoms with E-state index < -0.39 is 70.3 Å². The normalized spacial score (nSPS) is 23.5. The van der Waals surface area contributed by atoms with Gasteiger partial charge in [-0.25, -0.2) is 0 Å². The van der Waals surface area contributed by atoms with Crippen LogP contribution >= 0.6 is 7.82 Å². The van der Waals surface area contributed by atoms with Crippen molar-refractivity contribution in [2.45, 2.75) is 18.3 Å². The molecule has 11 heteroatoms. The van der Waals surface area contributed by atoms with E-state index in [4.69, 9.17) is 10.2 Å². The van der Waals surface area contributed by atoms with Crippen molar-refractivity contribution in [1.29, 1.82) is 0 Å². The monoisotopic (exact) mass is 466 g/mol. The van der Waals surface area contributed by atoms with Crippen LogP contribution < -0.4 is 0 Å². The molecule has 0 aromatic heterocycles. The molecule has 0 amide bonds. The molecular weight excluding hydrogens is 454 g/mol. The molecule has 17 heavy (non-hydrogen) atoms. The second-order valence-corrected chi connectivity index (χ2v) is 9.56. The van der Waals surface area contributed by atoms with Crippen LogP contribution in [0.15, 0.2) is 0 Å². The van der Waals surface area contributed by atoms with Crippen molar-refractivity contribution in [2.75, 3.05) is 13.2 Å². The molecule has 2 radical (unpaired) electrons. The van der Waals surface area contributed by atoms with Gasteiger partial charge >= 0.3 is 110 Å². The molecule has 1 aliphatic rings. The molecule has 1 aliphatic heterocycles. The molecule has 0 aliphatic carbocycles. The summed E-state index contributed by atoms with van der Waals surface area (Å²) < 4.78 is 25.0. The van der Waals surface area contributed by atoms with Crippen LogP contribution in [0, 0.1) is 0 Å². The van der Waals surface area contributed by atoms with Crippen molar-refractivity contribution < 1.29 is 39.3 Å². The average Bonchev–Trinajstić information content (AvgIpc) is 2.30. The second-order valence-electron chi connectivity index (χ2n) is 3.14. The van der Waals surface area contributed by atoms with Gasteiger partial charge in [-0.1, -0.05) is 0 Å². The van der Waals surface area contributed by atoms with E-state index >= 15 is 0 Å². The van der Waals surface area contributed by atoms with E-state index in [2.05, 4.69) is 9.47 Å². The van der Waals surface area contributed by atoms with E-state index in [9.17, 15) is 19.6 Å². The third-order valence-corrected chi connectivity index (χ3v) is 9.92. The van der Waals surface area contributed by atoms with Crippen molar-refractivity contribution in [3.8, 4) is 0 Å². The summed E-state index contributed by atoms with van der Waals surface area (Å²) in [6, 6.07) is 0. The summed E-state index contributed by atoms with van der Waals surface area (Å²) in [5.41, 5.74) is 0. The van der Waals surface area contributed by atoms with Gasteiger partial charge in [0.05, 0.1) is 0 Å². The minimum absolute atomic E-state index is 0.627. The molecule has 0 bridgehead atoms. The van der Waals surface area contributed by atoms with Crippen LogP contribution in [0.25, 0.3) is 0 Å². The van der Waals surface area contributed by atoms with E-state index in [-0.39, 0.29) is 0 Å². The van der Waals surface area contributed by atoms with Gasteiger partial charge in [0.15, 0.2) is 0 Å². The number of Topliss-reactive ketones (excluding diaryl/α,β-unsaturated/α-hetero) is 1. The molecule has 0 unspecified atom stereocenters. The van der Waals surface area contributed by atoms with E-state index in [0.29, 0.717) is 0 Å². The van der Waals surface area contributed by atoms with Gasteiger partial charge in [-0.05, 0) is 0 Å². The molecule has 1 fully saturated rings. The predicted molar refractivity (Wildman–Crippen MR) is 51.6 cm³/mol. The summed E-state index contributed by atoms with van der Waals surface area (Å²) in [6.07, 6.45) is -5.46. The van der Waals surface area contributed by atoms with Crippen LogP contribution in [0.4, 0.5) is 0 Å². The number of phosphoric acid groups is 1. The number of aliphatic hydroxyl groups excluding tert-OH is 4. The Morgan fingerprint density at radius 1 is 1.35 bits per heavy atom. The maximum atomic E-state index is 11.2. The molecule has 0 spiro atoms. The molecule has 3 atom stereocenters. The zero-order chi connectivity index (χ0) is 13.1. The first-order chi connectivity index (χ1) is 7.89. The van der Waals surface area contributed by atoms with Gasteiger partial charge in [0, 0.05) is 0 Å². The molecule has 0 aromatic rings. The Bertz CT molecular complexity index is 315. The van der Waals surface area contributed by atoms with Gasteiger partial charge in [-0.15, -0.1) is 0 Å². The van der Waals surface area contributed by atoms with Crippen LogP contribution in [0.1, 0.15) is 0 Å². The fraction of sp³-hybridized carbons (Fsp3) is 0.833. The Morgan fingerprint density at radius 2 is 1.94 bits per heavy atom. The van der Waals surface area contributed by atoms with Crippen LogP contribution in [0.5, 0.6) is 0 Å². The number of aliphatic hydroxyl groups is 4. The third kappa shape index (κ3) is 4.29. The van der Waals surface area contributed by atoms with Gasteiger partial charge in [0.1, 0.15) is 0 Å². The Labute approximate surface area is 109 Å². The summed E-state index contributed by atoms with van der Waals surface area (Å²) in [4.78, 5) is 10.8. The first kappa shape index (κ1) is 15.6. The SMILES string of the molecule is O=C(CO)[C@@H](O)[C@H](O)[C@H](O)COP1(=O)[O][Pb][O]1. The molecule has 1 heterocycles. The van der Waals surface area contributed by atoms with Gasteiger partial charge in [-0.2, -0.15) is 0 Å². The number of carbonyl (C=O) groups is 1. The van der Waals surface area contributed by atoms with Crippen molar-refractivity contribution in [1.82, 2.24) is 0 Å². The number of ketones is 1. The fourth-order valence-corrected chi connectivity index (χ4v) is 5.07. The van der Waals surface area contributed by atoms with E-state index in [0.717, 1.165) is 0 Å². The molecular formula is C6H11O9PPb. The summed E-state index contributed by atoms with van der Waals surface area (Å²) >= 11 is -1.69. The fourth-order valence-electron chi connectivity index (χ4n) is 0.911. The Balaban J connectivity index is 2.38. The van der Waals surface area contributed by atoms with Crippen molar-refractivity contribution in [3.63, 3.8) is 0 Å². The van der Waals surface area contributed by atoms with Crippen molar-refractivity contribution in [2.24, 2.45) is 0 Å². The van der Waals surface area contributed by atoms with Crippen LogP contribution in [0.3, 0.4) is 0 Å². The number of rotatable bonds is 7. The third-order valence-electron chi connectivity index (χ3n) is 1.90. The minimum atomic E-state index is -3.55. The van der Waals surface area contributed by atoms with Crippen molar-refractivity contribution >= 4 is 38.7 Å². The van der Waals surface area contributed by atoms with E-state index in [1.54, 1.807) is 0 Å². The quantitative estimate of drug-likeness (QED) is 0.234. The predicted octanol–water partition coefficient (Wildman–Crippen LogP) is -2.66. The van der Waals surface area contributed by atoms with Crippen LogP contribution in [-0.2, 0) is 18.8 Å². The number of hydrogen-bond donors (Lipinski definition) is 4. The van der Waals surface area contributed by atoms with Crippen LogP contribution in [-0.4, -0.2) is 82.9 Å². The maximum absolute atomic E-state index is 11.2. The van der Waals surface area contributed by atoms with Crippen molar-refractivity contribution in [3.05, 3.63) is 0 Å². The molecule has 9 nitrogen and oxygen atoms in total. The molecule has 4 N–H and O–H groups in total. The van der Waals surface area contributed by atoms with Gasteiger partial charge in [0.25, 0.3) is 0 Å². The van der Waals surface area contributed by atoms with Gasteiger partial charge in [-0.3, -0.25) is 0 Å². The molecule has 1 rings (SSSR count). The average molecular weight is 465 g/mol. The first-order valence-electron chi connectivity index (χ1n) is 4.44. The summed E-state index contributed by atoms with van der Waals surface area (Å²) in [5, 5.41) is 36.2. The van der Waals surface area contributed by atoms with Crippen LogP contribution in [0.2, 0.25) is 0 Å². The zero-order valence-corrected chi connectivity index (χ0v) is 13.2. The second kappa shape index (κ2) is 6.63. The molecule has 0 aromatic carbocycles. The van der Waals surface area contributed by atoms with Gasteiger partial charge < -0.3 is 0 Å². The summed E-state index contributed by atoms with van der Waals surface area (Å²) in [5.74, 6) is -1.05. The Kier molecular flexibility index (Phi) is 6.09. The Morgan fingerprint density at radius 3 is 2.35 bits per heavy atom. The molecule has 98 valence electrons. The molecule has 1 saturated heterocycles. The summed E-state index contributed by atoms with van der Waals surface area (Å²) in [7, 11) is -3.55. The topological polar surface area (TPSA) is 143 Å². The standard InChI is InChI=1S/C6H13O9P.Pb/c7-1-3(8)5(10)6(11)4(9)2-15-16(12,13)14;/h4-7,9-11H,1-2H2,(H2,12,13,14);/q;+2/p-2/t4-,5-,6-;/m1./s1. The number of hydrogen-bond acceptors (Lipinski definition) is 9. The number of carbonyl (C=O) groups excluding carboxylic acids is 1. The zero-order valence-electron chi connectivity index (χ0n) is 8.42. The first-order valence-corrected chi connectivity index (χ1v) is 9.07. The van der Waals surface area contributed by atoms with Gasteiger partial charge in [0.2, 0.25) is 0 Å². The van der Waals surface area contributed by atoms with E-state index in [1.165, 1.54) is 0 Å². The molecule has 0 saturated carbocycles.